The number of fused-ring (bicyclic) bond motifs is 9. The molecular weight excluding hydrogens is 633 g/mol. The molecule has 0 saturated carbocycles. The van der Waals surface area contributed by atoms with E-state index in [-0.39, 0.29) is 0 Å². The van der Waals surface area contributed by atoms with E-state index in [4.69, 9.17) is 28.2 Å². The molecule has 0 amide bonds. The van der Waals surface area contributed by atoms with Crippen molar-refractivity contribution in [2.75, 3.05) is 0 Å². The first-order chi connectivity index (χ1) is 25.2. The lowest BCUT2D eigenvalue weighted by molar-refractivity contribution is 0.668. The van der Waals surface area contributed by atoms with Crippen LogP contribution in [0.2, 0.25) is 0 Å². The number of nitrogens with zero attached hydrogens (tertiary/aromatic N) is 4. The molecule has 7 heteroatoms. The average molecular weight is 657 g/mol. The van der Waals surface area contributed by atoms with Crippen molar-refractivity contribution in [2.45, 2.75) is 0 Å². The molecule has 0 spiro atoms. The SMILES string of the molecule is c1cncc(-c2nc(-c3ccc4c(c3)oc3ccccc34)nc(-c3ccc(-c4ccc5c(c4)oc4ccccc45)c4oc5ccccc5c34)n2)c1. The summed E-state index contributed by atoms with van der Waals surface area (Å²) in [6.45, 7) is 0. The molecule has 238 valence electrons. The van der Waals surface area contributed by atoms with E-state index in [1.165, 1.54) is 0 Å². The van der Waals surface area contributed by atoms with E-state index >= 15 is 0 Å². The molecule has 5 heterocycles. The Hall–Kier alpha value is -7.12. The number of benzene rings is 6. The van der Waals surface area contributed by atoms with Gasteiger partial charge in [0.1, 0.15) is 33.5 Å². The molecule has 0 atom stereocenters. The van der Waals surface area contributed by atoms with E-state index in [0.717, 1.165) is 93.6 Å². The van der Waals surface area contributed by atoms with Gasteiger partial charge >= 0.3 is 0 Å². The van der Waals surface area contributed by atoms with Crippen LogP contribution in [0.4, 0.5) is 0 Å². The Kier molecular flexibility index (Phi) is 5.83. The molecule has 7 nitrogen and oxygen atoms in total. The number of para-hydroxylation sites is 3. The van der Waals surface area contributed by atoms with Gasteiger partial charge in [0.2, 0.25) is 0 Å². The van der Waals surface area contributed by atoms with Gasteiger partial charge in [0.15, 0.2) is 17.5 Å². The molecule has 5 aromatic heterocycles. The Morgan fingerprint density at radius 1 is 0.373 bits per heavy atom. The lowest BCUT2D eigenvalue weighted by Gasteiger charge is -2.11. The highest BCUT2D eigenvalue weighted by atomic mass is 16.3. The predicted octanol–water partition coefficient (Wildman–Crippen LogP) is 11.6. The molecule has 0 unspecified atom stereocenters. The molecule has 6 aromatic carbocycles. The molecule has 51 heavy (non-hydrogen) atoms. The minimum atomic E-state index is 0.521. The van der Waals surface area contributed by atoms with Gasteiger partial charge in [-0.25, -0.2) is 15.0 Å². The van der Waals surface area contributed by atoms with Crippen LogP contribution in [-0.2, 0) is 0 Å². The first-order valence-electron chi connectivity index (χ1n) is 16.7. The minimum Gasteiger partial charge on any atom is -0.456 e. The summed E-state index contributed by atoms with van der Waals surface area (Å²) in [6.07, 6.45) is 3.51. The summed E-state index contributed by atoms with van der Waals surface area (Å²) in [7, 11) is 0. The van der Waals surface area contributed by atoms with Gasteiger partial charge in [-0.1, -0.05) is 66.7 Å². The summed E-state index contributed by atoms with van der Waals surface area (Å²) in [5, 5.41) is 6.18. The second kappa shape index (κ2) is 10.7. The van der Waals surface area contributed by atoms with E-state index in [2.05, 4.69) is 59.6 Å². The zero-order valence-electron chi connectivity index (χ0n) is 26.9. The van der Waals surface area contributed by atoms with Crippen LogP contribution in [0.5, 0.6) is 0 Å². The molecule has 0 bridgehead atoms. The van der Waals surface area contributed by atoms with Gasteiger partial charge in [-0.2, -0.15) is 0 Å². The van der Waals surface area contributed by atoms with E-state index in [1.54, 1.807) is 12.4 Å². The molecule has 0 aliphatic rings. The maximum atomic E-state index is 6.65. The molecule has 0 saturated heterocycles. The zero-order valence-corrected chi connectivity index (χ0v) is 26.9. The third-order valence-electron chi connectivity index (χ3n) is 9.65. The first kappa shape index (κ1) is 27.8. The van der Waals surface area contributed by atoms with Crippen molar-refractivity contribution in [3.05, 3.63) is 146 Å². The fourth-order valence-electron chi connectivity index (χ4n) is 7.25. The van der Waals surface area contributed by atoms with Gasteiger partial charge in [-0.3, -0.25) is 4.98 Å². The number of aromatic nitrogens is 4. The number of rotatable bonds is 4. The van der Waals surface area contributed by atoms with Gasteiger partial charge in [-0.05, 0) is 72.3 Å². The second-order valence-corrected chi connectivity index (χ2v) is 12.6. The normalized spacial score (nSPS) is 11.9. The van der Waals surface area contributed by atoms with Crippen LogP contribution in [0.3, 0.4) is 0 Å². The van der Waals surface area contributed by atoms with Crippen LogP contribution >= 0.6 is 0 Å². The van der Waals surface area contributed by atoms with Crippen molar-refractivity contribution in [3.8, 4) is 45.3 Å². The quantitative estimate of drug-likeness (QED) is 0.186. The van der Waals surface area contributed by atoms with Gasteiger partial charge in [0.25, 0.3) is 0 Å². The number of pyridine rings is 1. The monoisotopic (exact) mass is 656 g/mol. The summed E-state index contributed by atoms with van der Waals surface area (Å²) in [5.41, 5.74) is 9.21. The Morgan fingerprint density at radius 2 is 0.922 bits per heavy atom. The molecule has 0 aliphatic carbocycles. The summed E-state index contributed by atoms with van der Waals surface area (Å²) < 4.78 is 19.2. The molecule has 11 aromatic rings. The lowest BCUT2D eigenvalue weighted by Crippen LogP contribution is -2.00. The molecule has 0 radical (unpaired) electrons. The first-order valence-corrected chi connectivity index (χ1v) is 16.7. The Morgan fingerprint density at radius 3 is 1.61 bits per heavy atom. The molecule has 11 rings (SSSR count). The smallest absolute Gasteiger partial charge is 0.165 e. The molecule has 0 N–H and O–H groups in total. The Balaban J connectivity index is 1.14. The maximum Gasteiger partial charge on any atom is 0.165 e. The fraction of sp³-hybridized carbons (Fsp3) is 0. The van der Waals surface area contributed by atoms with Crippen molar-refractivity contribution in [1.82, 2.24) is 19.9 Å². The third-order valence-corrected chi connectivity index (χ3v) is 9.65. The number of furan rings is 3. The van der Waals surface area contributed by atoms with Crippen LogP contribution in [0.15, 0.2) is 159 Å². The standard InChI is InChI=1S/C44H24N4O3/c1-4-12-35-29(9-1)31-17-15-25(22-38(31)49-35)28-19-20-34(40-33-11-3-6-14-37(33)51-41(28)40)44-47-42(46-43(48-44)27-8-7-21-45-24-27)26-16-18-32-30-10-2-5-13-36(30)50-39(32)23-26/h1-24H. The van der Waals surface area contributed by atoms with E-state index in [1.807, 2.05) is 78.9 Å². The Labute approximate surface area is 289 Å². The van der Waals surface area contributed by atoms with E-state index < -0.39 is 0 Å². The van der Waals surface area contributed by atoms with Crippen LogP contribution in [0.1, 0.15) is 0 Å². The summed E-state index contributed by atoms with van der Waals surface area (Å²) in [4.78, 5) is 19.5. The molecule has 0 fully saturated rings. The van der Waals surface area contributed by atoms with E-state index in [0.29, 0.717) is 17.5 Å². The summed E-state index contributed by atoms with van der Waals surface area (Å²) in [6, 6.07) is 44.7. The second-order valence-electron chi connectivity index (χ2n) is 12.6. The van der Waals surface area contributed by atoms with Crippen LogP contribution in [-0.4, -0.2) is 19.9 Å². The largest absolute Gasteiger partial charge is 0.456 e. The van der Waals surface area contributed by atoms with Gasteiger partial charge in [0.05, 0.1) is 0 Å². The van der Waals surface area contributed by atoms with Gasteiger partial charge < -0.3 is 13.3 Å². The van der Waals surface area contributed by atoms with Crippen LogP contribution < -0.4 is 0 Å². The highest BCUT2D eigenvalue weighted by molar-refractivity contribution is 6.16. The fourth-order valence-corrected chi connectivity index (χ4v) is 7.25. The van der Waals surface area contributed by atoms with Crippen molar-refractivity contribution in [1.29, 1.82) is 0 Å². The maximum absolute atomic E-state index is 6.65. The molecule has 0 aliphatic heterocycles. The zero-order chi connectivity index (χ0) is 33.5. The third kappa shape index (κ3) is 4.31. The van der Waals surface area contributed by atoms with Crippen molar-refractivity contribution in [3.63, 3.8) is 0 Å². The summed E-state index contributed by atoms with van der Waals surface area (Å²) >= 11 is 0. The predicted molar refractivity (Wildman–Crippen MR) is 201 cm³/mol. The van der Waals surface area contributed by atoms with Crippen molar-refractivity contribution >= 4 is 65.8 Å². The highest BCUT2D eigenvalue weighted by Gasteiger charge is 2.22. The highest BCUT2D eigenvalue weighted by Crippen LogP contribution is 2.43. The topological polar surface area (TPSA) is 91.0 Å². The summed E-state index contributed by atoms with van der Waals surface area (Å²) in [5.74, 6) is 1.58. The van der Waals surface area contributed by atoms with Gasteiger partial charge in [-0.15, -0.1) is 0 Å². The minimum absolute atomic E-state index is 0.521. The Bertz CT molecular complexity index is 3160. The van der Waals surface area contributed by atoms with Crippen LogP contribution in [0.25, 0.3) is 111 Å². The number of hydrogen-bond acceptors (Lipinski definition) is 7. The van der Waals surface area contributed by atoms with Crippen molar-refractivity contribution in [2.24, 2.45) is 0 Å². The van der Waals surface area contributed by atoms with Crippen LogP contribution in [0, 0.1) is 0 Å². The average Bonchev–Trinajstić information content (AvgIpc) is 3.88. The lowest BCUT2D eigenvalue weighted by atomic mass is 9.97. The van der Waals surface area contributed by atoms with E-state index in [9.17, 15) is 0 Å². The van der Waals surface area contributed by atoms with Gasteiger partial charge in [0, 0.05) is 67.0 Å². The number of hydrogen-bond donors (Lipinski definition) is 0. The van der Waals surface area contributed by atoms with Crippen molar-refractivity contribution < 1.29 is 13.3 Å². The molecular formula is C44H24N4O3.